The van der Waals surface area contributed by atoms with Gasteiger partial charge in [0.1, 0.15) is 30.7 Å². The molecule has 1 N–H and O–H groups in total. The molecule has 1 saturated heterocycles. The lowest BCUT2D eigenvalue weighted by Gasteiger charge is -2.42. The van der Waals surface area contributed by atoms with E-state index < -0.39 is 77.2 Å². The second-order valence-corrected chi connectivity index (χ2v) is 23.6. The number of hydrogen-bond acceptors (Lipinski definition) is 13. The SMILES string of the molecule is CC(C)N(C(C)C)P(OCCC#N)OC1[C@@H](O[Si](C)(C)C(C)(C)C)[C@H](n2ccc(NC(=O)c3ccccc3)nc2=O)O[C@@H]1COCCN(C)C(=O)CN1C(=O)c2ccccc2C1=O. The van der Waals surface area contributed by atoms with E-state index in [4.69, 9.17) is 22.9 Å². The van der Waals surface area contributed by atoms with Crippen LogP contribution in [0.25, 0.3) is 0 Å². The van der Waals surface area contributed by atoms with E-state index in [2.05, 4.69) is 54.9 Å². The van der Waals surface area contributed by atoms with Crippen LogP contribution in [0, 0.1) is 11.3 Å². The smallest absolute Gasteiger partial charge is 0.351 e. The van der Waals surface area contributed by atoms with Crippen molar-refractivity contribution < 1.29 is 42.1 Å². The van der Waals surface area contributed by atoms with Crippen molar-refractivity contribution in [2.45, 2.75) is 110 Å². The Labute approximate surface area is 371 Å². The van der Waals surface area contributed by atoms with E-state index in [-0.39, 0.29) is 66.9 Å². The molecular weight excluding hydrogens is 846 g/mol. The molecule has 5 atom stereocenters. The molecule has 2 aromatic carbocycles. The quantitative estimate of drug-likeness (QED) is 0.0582. The van der Waals surface area contributed by atoms with E-state index in [1.807, 2.05) is 27.7 Å². The van der Waals surface area contributed by atoms with Crippen molar-refractivity contribution in [3.05, 3.63) is 94.0 Å². The molecule has 0 aliphatic carbocycles. The van der Waals surface area contributed by atoms with Gasteiger partial charge in [0.15, 0.2) is 14.5 Å². The van der Waals surface area contributed by atoms with Crippen molar-refractivity contribution in [3.8, 4) is 6.07 Å². The summed E-state index contributed by atoms with van der Waals surface area (Å²) in [6.07, 6.45) is -2.05. The topological polar surface area (TPSA) is 195 Å². The highest BCUT2D eigenvalue weighted by Gasteiger charge is 2.53. The third-order valence-corrected chi connectivity index (χ3v) is 17.8. The minimum atomic E-state index is -2.65. The van der Waals surface area contributed by atoms with E-state index in [1.54, 1.807) is 61.6 Å². The molecule has 0 bridgehead atoms. The van der Waals surface area contributed by atoms with Crippen LogP contribution in [-0.2, 0) is 27.7 Å². The number of fused-ring (bicyclic) bond motifs is 1. The minimum Gasteiger partial charge on any atom is -0.407 e. The van der Waals surface area contributed by atoms with Gasteiger partial charge in [-0.25, -0.2) is 9.46 Å². The van der Waals surface area contributed by atoms with Gasteiger partial charge in [0.05, 0.1) is 43.4 Å². The Kier molecular flexibility index (Phi) is 16.7. The number of aromatic nitrogens is 2. The summed E-state index contributed by atoms with van der Waals surface area (Å²) in [4.78, 5) is 72.5. The number of nitriles is 1. The lowest BCUT2D eigenvalue weighted by molar-refractivity contribution is -0.131. The molecule has 0 radical (unpaired) electrons. The average Bonchev–Trinajstić information content (AvgIpc) is 3.67. The molecule has 17 nitrogen and oxygen atoms in total. The summed E-state index contributed by atoms with van der Waals surface area (Å²) in [5.41, 5.74) is 0.219. The third kappa shape index (κ3) is 11.9. The summed E-state index contributed by atoms with van der Waals surface area (Å²) in [5, 5.41) is 11.8. The molecule has 3 heterocycles. The van der Waals surface area contributed by atoms with Gasteiger partial charge in [-0.3, -0.25) is 28.6 Å². The van der Waals surface area contributed by atoms with Gasteiger partial charge in [-0.05, 0) is 76.2 Å². The molecule has 1 aromatic heterocycles. The fourth-order valence-electron chi connectivity index (χ4n) is 6.85. The summed E-state index contributed by atoms with van der Waals surface area (Å²) in [7, 11) is -2.92. The van der Waals surface area contributed by atoms with Crippen molar-refractivity contribution in [1.29, 1.82) is 5.26 Å². The number of amides is 4. The first-order chi connectivity index (χ1) is 29.7. The van der Waals surface area contributed by atoms with Gasteiger partial charge >= 0.3 is 5.69 Å². The fraction of sp³-hybridized carbons (Fsp3) is 0.523. The highest BCUT2D eigenvalue weighted by molar-refractivity contribution is 7.44. The normalized spacial score (nSPS) is 19.5. The van der Waals surface area contributed by atoms with E-state index in [9.17, 15) is 29.2 Å². The number of ether oxygens (including phenoxy) is 2. The largest absolute Gasteiger partial charge is 0.407 e. The van der Waals surface area contributed by atoms with Crippen LogP contribution in [0.5, 0.6) is 0 Å². The Balaban J connectivity index is 1.42. The Bertz CT molecular complexity index is 2150. The van der Waals surface area contributed by atoms with Crippen molar-refractivity contribution in [1.82, 2.24) is 24.0 Å². The van der Waals surface area contributed by atoms with Gasteiger partial charge in [0.2, 0.25) is 5.91 Å². The number of carbonyl (C=O) groups excluding carboxylic acids is 4. The average molecular weight is 906 g/mol. The maximum atomic E-state index is 13.9. The number of carbonyl (C=O) groups is 4. The number of likely N-dealkylation sites (N-methyl/N-ethyl adjacent to an activating group) is 1. The second-order valence-electron chi connectivity index (χ2n) is 17.5. The zero-order chi connectivity index (χ0) is 46.2. The molecule has 340 valence electrons. The monoisotopic (exact) mass is 905 g/mol. The molecule has 0 saturated carbocycles. The van der Waals surface area contributed by atoms with Gasteiger partial charge < -0.3 is 33.2 Å². The predicted octanol–water partition coefficient (Wildman–Crippen LogP) is 6.22. The number of anilines is 1. The van der Waals surface area contributed by atoms with Crippen molar-refractivity contribution >= 4 is 46.3 Å². The number of nitrogens with zero attached hydrogens (tertiary/aromatic N) is 6. The Morgan fingerprint density at radius 3 is 2.14 bits per heavy atom. The number of nitrogens with one attached hydrogen (secondary N) is 1. The first-order valence-electron chi connectivity index (χ1n) is 21.1. The molecule has 63 heavy (non-hydrogen) atoms. The number of hydrogen-bond donors (Lipinski definition) is 1. The number of benzene rings is 2. The zero-order valence-corrected chi connectivity index (χ0v) is 39.7. The Hall–Kier alpha value is -4.70. The molecular formula is C44H60N7O10PSi. The van der Waals surface area contributed by atoms with Crippen molar-refractivity contribution in [2.24, 2.45) is 0 Å². The molecule has 4 amide bonds. The predicted molar refractivity (Wildman–Crippen MR) is 239 cm³/mol. The Morgan fingerprint density at radius 1 is 0.952 bits per heavy atom. The first-order valence-corrected chi connectivity index (χ1v) is 25.1. The Morgan fingerprint density at radius 2 is 1.57 bits per heavy atom. The van der Waals surface area contributed by atoms with E-state index in [0.29, 0.717) is 5.56 Å². The van der Waals surface area contributed by atoms with E-state index >= 15 is 0 Å². The number of imide groups is 1. The van der Waals surface area contributed by atoms with Gasteiger partial charge in [0.25, 0.3) is 26.2 Å². The molecule has 1 fully saturated rings. The van der Waals surface area contributed by atoms with Crippen LogP contribution < -0.4 is 11.0 Å². The molecule has 2 unspecified atom stereocenters. The van der Waals surface area contributed by atoms with Crippen molar-refractivity contribution in [2.75, 3.05) is 45.3 Å². The van der Waals surface area contributed by atoms with E-state index in [0.717, 1.165) is 4.90 Å². The highest BCUT2D eigenvalue weighted by atomic mass is 31.2. The molecule has 2 aliphatic rings. The van der Waals surface area contributed by atoms with Crippen LogP contribution in [0.3, 0.4) is 0 Å². The van der Waals surface area contributed by atoms with Crippen LogP contribution in [0.15, 0.2) is 71.7 Å². The summed E-state index contributed by atoms with van der Waals surface area (Å²) in [6, 6.07) is 18.6. The van der Waals surface area contributed by atoms with Gasteiger partial charge in [-0.1, -0.05) is 51.1 Å². The summed E-state index contributed by atoms with van der Waals surface area (Å²) in [6.45, 7) is 18.4. The van der Waals surface area contributed by atoms with Crippen LogP contribution >= 0.6 is 8.53 Å². The maximum absolute atomic E-state index is 13.9. The van der Waals surface area contributed by atoms with Crippen molar-refractivity contribution in [3.63, 3.8) is 0 Å². The lowest BCUT2D eigenvalue weighted by atomic mass is 10.1. The van der Waals surface area contributed by atoms with Crippen LogP contribution in [0.2, 0.25) is 18.1 Å². The molecule has 5 rings (SSSR count). The minimum absolute atomic E-state index is 0.0235. The zero-order valence-electron chi connectivity index (χ0n) is 37.8. The standard InChI is InChI=1S/C44H60N7O10PSi/c1-29(2)51(30(3)4)62(58-25-16-22-45)60-37-34(28-57-26-24-48(8)36(52)27-50-40(54)32-19-14-15-20-33(32)41(50)55)59-42(38(37)61-63(9,10)44(5,6)7)49-23-21-35(47-43(49)56)46-39(53)31-17-12-11-13-18-31/h11-15,17-21,23,29-30,34,37-38,42H,16,24-28H2,1-10H3,(H,46,47,53,56)/t34-,37?,38-,42-,62?/m1/s1. The van der Waals surface area contributed by atoms with Gasteiger partial charge in [-0.2, -0.15) is 10.2 Å². The maximum Gasteiger partial charge on any atom is 0.351 e. The highest BCUT2D eigenvalue weighted by Crippen LogP contribution is 2.51. The van der Waals surface area contributed by atoms with Gasteiger partial charge in [0, 0.05) is 37.4 Å². The van der Waals surface area contributed by atoms with Crippen LogP contribution in [0.4, 0.5) is 5.82 Å². The third-order valence-electron chi connectivity index (χ3n) is 11.2. The summed E-state index contributed by atoms with van der Waals surface area (Å²) >= 11 is 0. The van der Waals surface area contributed by atoms with E-state index in [1.165, 1.54) is 21.7 Å². The number of rotatable bonds is 20. The van der Waals surface area contributed by atoms with Crippen LogP contribution in [-0.4, -0.2) is 126 Å². The molecule has 0 spiro atoms. The molecule has 3 aromatic rings. The summed E-state index contributed by atoms with van der Waals surface area (Å²) in [5.74, 6) is -1.87. The molecule has 2 aliphatic heterocycles. The van der Waals surface area contributed by atoms with Crippen LogP contribution in [0.1, 0.15) is 92.2 Å². The lowest BCUT2D eigenvalue weighted by Crippen LogP contribution is -2.50. The fourth-order valence-corrected chi connectivity index (χ4v) is 9.91. The summed E-state index contributed by atoms with van der Waals surface area (Å²) < 4.78 is 36.8. The molecule has 19 heteroatoms. The second kappa shape index (κ2) is 21.3. The first kappa shape index (κ1) is 49.3. The van der Waals surface area contributed by atoms with Gasteiger partial charge in [-0.15, -0.1) is 0 Å².